The lowest BCUT2D eigenvalue weighted by Crippen LogP contribution is -2.31. The predicted molar refractivity (Wildman–Crippen MR) is 98.5 cm³/mol. The van der Waals surface area contributed by atoms with E-state index in [4.69, 9.17) is 9.47 Å². The molecule has 0 saturated carbocycles. The van der Waals surface area contributed by atoms with Gasteiger partial charge in [-0.3, -0.25) is 14.9 Å². The molecule has 0 heterocycles. The van der Waals surface area contributed by atoms with Crippen LogP contribution < -0.4 is 4.74 Å². The third-order valence-corrected chi connectivity index (χ3v) is 3.51. The van der Waals surface area contributed by atoms with Gasteiger partial charge in [0.2, 0.25) is 5.75 Å². The van der Waals surface area contributed by atoms with Gasteiger partial charge in [0.15, 0.2) is 5.75 Å². The van der Waals surface area contributed by atoms with Crippen LogP contribution in [0.2, 0.25) is 0 Å². The molecule has 0 bridgehead atoms. The number of likely N-dealkylation sites (N-methyl/N-ethyl adjacent to an activating group) is 1. The number of nitro benzene ring substituents is 1. The number of hydrogen-bond donors (Lipinski definition) is 1. The van der Waals surface area contributed by atoms with Crippen LogP contribution in [-0.2, 0) is 9.53 Å². The van der Waals surface area contributed by atoms with Crippen LogP contribution in [-0.4, -0.2) is 46.2 Å². The number of rotatable bonds is 7. The Morgan fingerprint density at radius 2 is 1.96 bits per heavy atom. The van der Waals surface area contributed by atoms with Crippen LogP contribution in [0.1, 0.15) is 33.3 Å². The van der Waals surface area contributed by atoms with Crippen molar-refractivity contribution < 1.29 is 29.1 Å². The summed E-state index contributed by atoms with van der Waals surface area (Å²) in [5, 5.41) is 30.5. The summed E-state index contributed by atoms with van der Waals surface area (Å²) in [5.74, 6) is -1.96. The molecule has 0 saturated heterocycles. The molecular weight excluding hydrogens is 370 g/mol. The fraction of sp³-hybridized carbons (Fsp3) is 0.389. The molecular formula is C18H21N3O7. The number of aromatic hydroxyl groups is 1. The zero-order valence-electron chi connectivity index (χ0n) is 16.0. The molecule has 10 nitrogen and oxygen atoms in total. The van der Waals surface area contributed by atoms with Crippen LogP contribution in [0, 0.1) is 21.4 Å². The van der Waals surface area contributed by atoms with Crippen LogP contribution in [0.3, 0.4) is 0 Å². The van der Waals surface area contributed by atoms with Crippen molar-refractivity contribution in [1.82, 2.24) is 4.90 Å². The lowest BCUT2D eigenvalue weighted by Gasteiger charge is -2.17. The van der Waals surface area contributed by atoms with E-state index in [2.05, 4.69) is 0 Å². The van der Waals surface area contributed by atoms with Gasteiger partial charge < -0.3 is 19.5 Å². The summed E-state index contributed by atoms with van der Waals surface area (Å²) in [4.78, 5) is 35.7. The Kier molecular flexibility index (Phi) is 7.94. The van der Waals surface area contributed by atoms with Crippen molar-refractivity contribution in [3.63, 3.8) is 0 Å². The highest BCUT2D eigenvalue weighted by molar-refractivity contribution is 6.01. The lowest BCUT2D eigenvalue weighted by molar-refractivity contribution is -0.385. The summed E-state index contributed by atoms with van der Waals surface area (Å²) in [7, 11) is 0. The van der Waals surface area contributed by atoms with Crippen LogP contribution >= 0.6 is 0 Å². The number of amides is 1. The molecule has 10 heteroatoms. The van der Waals surface area contributed by atoms with Crippen LogP contribution in [0.25, 0.3) is 6.08 Å². The highest BCUT2D eigenvalue weighted by Crippen LogP contribution is 2.38. The molecule has 1 aromatic rings. The third kappa shape index (κ3) is 5.70. The third-order valence-electron chi connectivity index (χ3n) is 3.51. The monoisotopic (exact) mass is 391 g/mol. The molecule has 1 aromatic carbocycles. The Bertz CT molecular complexity index is 836. The van der Waals surface area contributed by atoms with E-state index in [0.29, 0.717) is 13.1 Å². The van der Waals surface area contributed by atoms with Crippen molar-refractivity contribution in [2.75, 3.05) is 13.1 Å². The van der Waals surface area contributed by atoms with Gasteiger partial charge in [-0.05, 0) is 45.4 Å². The first-order chi connectivity index (χ1) is 13.1. The number of carbonyl (C=O) groups excluding carboxylic acids is 2. The van der Waals surface area contributed by atoms with Gasteiger partial charge in [0.1, 0.15) is 11.6 Å². The number of nitrogens with zero attached hydrogens (tertiary/aromatic N) is 3. The summed E-state index contributed by atoms with van der Waals surface area (Å²) in [5.41, 5.74) is -0.998. The smallest absolute Gasteiger partial charge is 0.499 e. The first kappa shape index (κ1) is 22.4. The van der Waals surface area contributed by atoms with Gasteiger partial charge >= 0.3 is 11.8 Å². The van der Waals surface area contributed by atoms with Gasteiger partial charge in [-0.1, -0.05) is 0 Å². The summed E-state index contributed by atoms with van der Waals surface area (Å²) < 4.78 is 9.61. The Balaban J connectivity index is 3.42. The van der Waals surface area contributed by atoms with E-state index in [0.717, 1.165) is 18.2 Å². The topological polar surface area (TPSA) is 143 Å². The minimum absolute atomic E-state index is 0.0221. The molecule has 0 spiro atoms. The lowest BCUT2D eigenvalue weighted by atomic mass is 10.1. The fourth-order valence-corrected chi connectivity index (χ4v) is 2.21. The van der Waals surface area contributed by atoms with E-state index in [1.54, 1.807) is 33.8 Å². The molecule has 150 valence electrons. The molecule has 1 rings (SSSR count). The Hall–Kier alpha value is -3.61. The van der Waals surface area contributed by atoms with Crippen molar-refractivity contribution >= 4 is 23.8 Å². The van der Waals surface area contributed by atoms with E-state index in [9.17, 15) is 30.1 Å². The molecule has 0 aliphatic heterocycles. The van der Waals surface area contributed by atoms with Gasteiger partial charge in [0, 0.05) is 19.2 Å². The number of hydrogen-bond acceptors (Lipinski definition) is 8. The number of nitro groups is 1. The molecule has 0 aliphatic rings. The maximum Gasteiger partial charge on any atom is 0.514 e. The van der Waals surface area contributed by atoms with Crippen molar-refractivity contribution in [3.05, 3.63) is 33.4 Å². The number of ether oxygens (including phenoxy) is 2. The van der Waals surface area contributed by atoms with Gasteiger partial charge in [0.05, 0.1) is 11.0 Å². The molecule has 0 atom stereocenters. The van der Waals surface area contributed by atoms with E-state index in [1.165, 1.54) is 4.90 Å². The zero-order valence-corrected chi connectivity index (χ0v) is 16.0. The Morgan fingerprint density at radius 3 is 2.43 bits per heavy atom. The van der Waals surface area contributed by atoms with Crippen molar-refractivity contribution in [3.8, 4) is 17.6 Å². The van der Waals surface area contributed by atoms with Crippen LogP contribution in [0.4, 0.5) is 10.5 Å². The van der Waals surface area contributed by atoms with E-state index in [-0.39, 0.29) is 11.1 Å². The highest BCUT2D eigenvalue weighted by Gasteiger charge is 2.23. The number of phenolic OH excluding ortho intramolecular Hbond substituents is 1. The first-order valence-electron chi connectivity index (χ1n) is 8.45. The van der Waals surface area contributed by atoms with Gasteiger partial charge in [-0.25, -0.2) is 4.79 Å². The minimum Gasteiger partial charge on any atom is -0.499 e. The number of carbonyl (C=O) groups is 2. The maximum atomic E-state index is 12.4. The van der Waals surface area contributed by atoms with E-state index < -0.39 is 40.3 Å². The molecule has 0 radical (unpaired) electrons. The molecule has 28 heavy (non-hydrogen) atoms. The van der Waals surface area contributed by atoms with Crippen molar-refractivity contribution in [2.24, 2.45) is 0 Å². The summed E-state index contributed by atoms with van der Waals surface area (Å²) >= 11 is 0. The van der Waals surface area contributed by atoms with Crippen LogP contribution in [0.15, 0.2) is 17.7 Å². The predicted octanol–water partition coefficient (Wildman–Crippen LogP) is 3.00. The first-order valence-corrected chi connectivity index (χ1v) is 8.45. The molecule has 0 aromatic heterocycles. The Labute approximate surface area is 161 Å². The maximum absolute atomic E-state index is 12.4. The largest absolute Gasteiger partial charge is 0.514 e. The van der Waals surface area contributed by atoms with Crippen LogP contribution in [0.5, 0.6) is 11.5 Å². The SMILES string of the molecule is CCN(CC)C(=O)C(C#N)=Cc1cc(OC(=O)OC(C)C)c(O)c([N+](=O)[O-])c1. The summed E-state index contributed by atoms with van der Waals surface area (Å²) in [6.07, 6.45) is -0.557. The Morgan fingerprint density at radius 1 is 1.36 bits per heavy atom. The average Bonchev–Trinajstić information content (AvgIpc) is 2.61. The molecule has 0 aliphatic carbocycles. The summed E-state index contributed by atoms with van der Waals surface area (Å²) in [6, 6.07) is 3.81. The van der Waals surface area contributed by atoms with Crippen molar-refractivity contribution in [2.45, 2.75) is 33.8 Å². The zero-order chi connectivity index (χ0) is 21.4. The average molecular weight is 391 g/mol. The standard InChI is InChI=1S/C18H21N3O7/c1-5-20(6-2)17(23)13(10-19)7-12-8-14(21(25)26)16(22)15(9-12)28-18(24)27-11(3)4/h7-9,11,22H,5-6H2,1-4H3. The number of benzene rings is 1. The second-order valence-electron chi connectivity index (χ2n) is 5.81. The second kappa shape index (κ2) is 9.91. The van der Waals surface area contributed by atoms with Gasteiger partial charge in [0.25, 0.3) is 5.91 Å². The minimum atomic E-state index is -1.17. The molecule has 0 fully saturated rings. The number of nitriles is 1. The second-order valence-corrected chi connectivity index (χ2v) is 5.81. The molecule has 1 amide bonds. The van der Waals surface area contributed by atoms with Gasteiger partial charge in [-0.2, -0.15) is 5.26 Å². The van der Waals surface area contributed by atoms with Gasteiger partial charge in [-0.15, -0.1) is 0 Å². The molecule has 1 N–H and O–H groups in total. The molecule has 0 unspecified atom stereocenters. The van der Waals surface area contributed by atoms with E-state index in [1.807, 2.05) is 0 Å². The summed E-state index contributed by atoms with van der Waals surface area (Å²) in [6.45, 7) is 7.38. The van der Waals surface area contributed by atoms with Crippen molar-refractivity contribution in [1.29, 1.82) is 5.26 Å². The fourth-order valence-electron chi connectivity index (χ4n) is 2.21. The quantitative estimate of drug-likeness (QED) is 0.187. The number of phenols is 1. The normalized spacial score (nSPS) is 10.9. The highest BCUT2D eigenvalue weighted by atomic mass is 16.7. The van der Waals surface area contributed by atoms with E-state index >= 15 is 0 Å².